The van der Waals surface area contributed by atoms with E-state index in [9.17, 15) is 9.90 Å². The zero-order valence-electron chi connectivity index (χ0n) is 7.29. The van der Waals surface area contributed by atoms with E-state index in [1.54, 1.807) is 6.08 Å². The minimum atomic E-state index is -0.272. The standard InChI is InChI=1S/C10H14O2/c1-6-5-9(12)7-3-2-4-8(11)10(6)7/h5,7-8,10-11H,2-4H2,1H3. The van der Waals surface area contributed by atoms with Gasteiger partial charge < -0.3 is 5.11 Å². The first-order chi connectivity index (χ1) is 5.70. The van der Waals surface area contributed by atoms with Gasteiger partial charge in [0, 0.05) is 11.8 Å². The second-order valence-corrected chi connectivity index (χ2v) is 3.92. The maximum absolute atomic E-state index is 11.4. The topological polar surface area (TPSA) is 37.3 Å². The summed E-state index contributed by atoms with van der Waals surface area (Å²) in [6.45, 7) is 1.96. The third-order valence-electron chi connectivity index (χ3n) is 3.12. The number of rotatable bonds is 0. The van der Waals surface area contributed by atoms with Crippen molar-refractivity contribution in [3.8, 4) is 0 Å². The molecule has 0 radical (unpaired) electrons. The first-order valence-corrected chi connectivity index (χ1v) is 4.60. The molecule has 2 nitrogen and oxygen atoms in total. The third kappa shape index (κ3) is 1.02. The van der Waals surface area contributed by atoms with E-state index in [0.29, 0.717) is 0 Å². The average molecular weight is 166 g/mol. The van der Waals surface area contributed by atoms with E-state index in [2.05, 4.69) is 0 Å². The van der Waals surface area contributed by atoms with Gasteiger partial charge in [-0.25, -0.2) is 0 Å². The molecule has 0 aromatic heterocycles. The number of hydrogen-bond acceptors (Lipinski definition) is 2. The second kappa shape index (κ2) is 2.70. The lowest BCUT2D eigenvalue weighted by Crippen LogP contribution is -2.32. The molecule has 3 unspecified atom stereocenters. The van der Waals surface area contributed by atoms with Crippen LogP contribution in [0.3, 0.4) is 0 Å². The van der Waals surface area contributed by atoms with E-state index in [1.165, 1.54) is 0 Å². The van der Waals surface area contributed by atoms with Crippen LogP contribution in [0.1, 0.15) is 26.2 Å². The Kier molecular flexibility index (Phi) is 1.80. The van der Waals surface area contributed by atoms with Crippen molar-refractivity contribution in [2.45, 2.75) is 32.3 Å². The van der Waals surface area contributed by atoms with Gasteiger partial charge in [0.15, 0.2) is 5.78 Å². The third-order valence-corrected chi connectivity index (χ3v) is 3.12. The summed E-state index contributed by atoms with van der Waals surface area (Å²) in [5.41, 5.74) is 1.08. The van der Waals surface area contributed by atoms with Gasteiger partial charge in [0.25, 0.3) is 0 Å². The lowest BCUT2D eigenvalue weighted by Gasteiger charge is -2.30. The Bertz CT molecular complexity index is 242. The van der Waals surface area contributed by atoms with Crippen LogP contribution in [0.4, 0.5) is 0 Å². The van der Waals surface area contributed by atoms with Crippen LogP contribution in [0.2, 0.25) is 0 Å². The Labute approximate surface area is 72.3 Å². The summed E-state index contributed by atoms with van der Waals surface area (Å²) in [4.78, 5) is 11.4. The predicted molar refractivity (Wildman–Crippen MR) is 45.6 cm³/mol. The SMILES string of the molecule is CC1=CC(=O)C2CCCC(O)C12. The minimum absolute atomic E-state index is 0.105. The molecule has 2 heteroatoms. The summed E-state index contributed by atoms with van der Waals surface area (Å²) < 4.78 is 0. The lowest BCUT2D eigenvalue weighted by molar-refractivity contribution is -0.120. The zero-order valence-corrected chi connectivity index (χ0v) is 7.29. The Hall–Kier alpha value is -0.630. The molecule has 0 bridgehead atoms. The van der Waals surface area contributed by atoms with Gasteiger partial charge >= 0.3 is 0 Å². The van der Waals surface area contributed by atoms with Crippen LogP contribution < -0.4 is 0 Å². The van der Waals surface area contributed by atoms with Gasteiger partial charge in [0.1, 0.15) is 0 Å². The number of aliphatic hydroxyl groups excluding tert-OH is 1. The quantitative estimate of drug-likeness (QED) is 0.588. The molecule has 66 valence electrons. The average Bonchev–Trinajstić information content (AvgIpc) is 2.29. The zero-order chi connectivity index (χ0) is 8.72. The molecule has 0 aromatic rings. The first-order valence-electron chi connectivity index (χ1n) is 4.60. The van der Waals surface area contributed by atoms with Crippen molar-refractivity contribution in [1.29, 1.82) is 0 Å². The maximum Gasteiger partial charge on any atom is 0.159 e. The van der Waals surface area contributed by atoms with Crippen molar-refractivity contribution in [3.05, 3.63) is 11.6 Å². The van der Waals surface area contributed by atoms with E-state index < -0.39 is 0 Å². The fourth-order valence-electron chi connectivity index (χ4n) is 2.54. The highest BCUT2D eigenvalue weighted by Crippen LogP contribution is 2.40. The number of ketones is 1. The fraction of sp³-hybridized carbons (Fsp3) is 0.700. The van der Waals surface area contributed by atoms with Gasteiger partial charge in [-0.1, -0.05) is 12.0 Å². The molecule has 12 heavy (non-hydrogen) atoms. The molecule has 3 atom stereocenters. The van der Waals surface area contributed by atoms with Crippen LogP contribution in [0.5, 0.6) is 0 Å². The van der Waals surface area contributed by atoms with Crippen LogP contribution >= 0.6 is 0 Å². The Morgan fingerprint density at radius 2 is 2.25 bits per heavy atom. The molecule has 0 spiro atoms. The van der Waals surface area contributed by atoms with E-state index in [0.717, 1.165) is 24.8 Å². The minimum Gasteiger partial charge on any atom is -0.392 e. The van der Waals surface area contributed by atoms with E-state index >= 15 is 0 Å². The normalized spacial score (nSPS) is 41.0. The van der Waals surface area contributed by atoms with Gasteiger partial charge in [0.05, 0.1) is 6.10 Å². The molecule has 1 saturated carbocycles. The summed E-state index contributed by atoms with van der Waals surface area (Å²) >= 11 is 0. The highest BCUT2D eigenvalue weighted by atomic mass is 16.3. The number of hydrogen-bond donors (Lipinski definition) is 1. The molecule has 2 aliphatic carbocycles. The largest absolute Gasteiger partial charge is 0.392 e. The molecule has 2 aliphatic rings. The molecular formula is C10H14O2. The molecule has 0 aromatic carbocycles. The number of allylic oxidation sites excluding steroid dienone is 1. The van der Waals surface area contributed by atoms with Crippen LogP contribution in [0.25, 0.3) is 0 Å². The summed E-state index contributed by atoms with van der Waals surface area (Å²) in [7, 11) is 0. The molecule has 1 N–H and O–H groups in total. The Morgan fingerprint density at radius 1 is 1.50 bits per heavy atom. The highest BCUT2D eigenvalue weighted by molar-refractivity contribution is 5.95. The van der Waals surface area contributed by atoms with E-state index in [4.69, 9.17) is 0 Å². The first kappa shape index (κ1) is 7.99. The van der Waals surface area contributed by atoms with Gasteiger partial charge in [-0.05, 0) is 25.8 Å². The predicted octanol–water partition coefficient (Wildman–Crippen LogP) is 1.29. The molecule has 1 fully saturated rings. The molecule has 2 rings (SSSR count). The summed E-state index contributed by atoms with van der Waals surface area (Å²) in [6, 6.07) is 0. The lowest BCUT2D eigenvalue weighted by atomic mass is 9.77. The number of carbonyl (C=O) groups is 1. The fourth-order valence-corrected chi connectivity index (χ4v) is 2.54. The van der Waals surface area contributed by atoms with Crippen molar-refractivity contribution in [1.82, 2.24) is 0 Å². The van der Waals surface area contributed by atoms with Gasteiger partial charge in [-0.15, -0.1) is 0 Å². The Balaban J connectivity index is 2.26. The monoisotopic (exact) mass is 166 g/mol. The van der Waals surface area contributed by atoms with E-state index in [1.807, 2.05) is 6.92 Å². The van der Waals surface area contributed by atoms with Crippen molar-refractivity contribution < 1.29 is 9.90 Å². The Morgan fingerprint density at radius 3 is 2.92 bits per heavy atom. The van der Waals surface area contributed by atoms with Crippen LogP contribution in [-0.2, 0) is 4.79 Å². The van der Waals surface area contributed by atoms with Crippen LogP contribution in [-0.4, -0.2) is 17.0 Å². The molecule has 0 saturated heterocycles. The summed E-state index contributed by atoms with van der Waals surface area (Å²) in [5.74, 6) is 0.483. The van der Waals surface area contributed by atoms with Crippen LogP contribution in [0.15, 0.2) is 11.6 Å². The summed E-state index contributed by atoms with van der Waals surface area (Å²) in [5, 5.41) is 9.67. The summed E-state index contributed by atoms with van der Waals surface area (Å²) in [6.07, 6.45) is 4.26. The number of carbonyl (C=O) groups excluding carboxylic acids is 1. The molecule has 0 amide bonds. The van der Waals surface area contributed by atoms with Gasteiger partial charge in [0.2, 0.25) is 0 Å². The van der Waals surface area contributed by atoms with Crippen molar-refractivity contribution in [2.24, 2.45) is 11.8 Å². The molecule has 0 aliphatic heterocycles. The highest BCUT2D eigenvalue weighted by Gasteiger charge is 2.40. The van der Waals surface area contributed by atoms with Crippen molar-refractivity contribution in [3.63, 3.8) is 0 Å². The van der Waals surface area contributed by atoms with Crippen LogP contribution in [0, 0.1) is 11.8 Å². The second-order valence-electron chi connectivity index (χ2n) is 3.92. The smallest absolute Gasteiger partial charge is 0.159 e. The van der Waals surface area contributed by atoms with Crippen molar-refractivity contribution in [2.75, 3.05) is 0 Å². The van der Waals surface area contributed by atoms with Gasteiger partial charge in [-0.2, -0.15) is 0 Å². The van der Waals surface area contributed by atoms with Crippen molar-refractivity contribution >= 4 is 5.78 Å². The maximum atomic E-state index is 11.4. The molecular weight excluding hydrogens is 152 g/mol. The number of fused-ring (bicyclic) bond motifs is 1. The molecule has 0 heterocycles. The number of aliphatic hydroxyl groups is 1. The van der Waals surface area contributed by atoms with Gasteiger partial charge in [-0.3, -0.25) is 4.79 Å². The van der Waals surface area contributed by atoms with E-state index in [-0.39, 0.29) is 23.7 Å².